The molecule has 0 bridgehead atoms. The molecule has 0 spiro atoms. The second-order valence-electron chi connectivity index (χ2n) is 7.00. The van der Waals surface area contributed by atoms with E-state index in [2.05, 4.69) is 23.3 Å². The maximum absolute atomic E-state index is 10.5. The molecule has 1 atom stereocenters. The first kappa shape index (κ1) is 15.5. The molecule has 1 N–H and O–H groups in total. The average molecular weight is 309 g/mol. The molecule has 2 fully saturated rings. The van der Waals surface area contributed by atoms with Gasteiger partial charge < -0.3 is 14.7 Å². The highest BCUT2D eigenvalue weighted by molar-refractivity contribution is 7.10. The summed E-state index contributed by atoms with van der Waals surface area (Å²) in [4.78, 5) is 3.73. The van der Waals surface area contributed by atoms with Crippen molar-refractivity contribution in [2.24, 2.45) is 11.3 Å². The Labute approximate surface area is 131 Å². The molecule has 0 aromatic carbocycles. The zero-order chi connectivity index (χ0) is 14.7. The maximum Gasteiger partial charge on any atom is 0.0910 e. The molecule has 0 saturated carbocycles. The largest absolute Gasteiger partial charge is 0.387 e. The third kappa shape index (κ3) is 3.86. The fourth-order valence-electron chi connectivity index (χ4n) is 3.68. The zero-order valence-corrected chi connectivity index (χ0v) is 13.8. The van der Waals surface area contributed by atoms with Crippen LogP contribution in [0.15, 0.2) is 17.5 Å². The molecule has 2 saturated heterocycles. The number of ether oxygens (including phenoxy) is 1. The summed E-state index contributed by atoms with van der Waals surface area (Å²) in [5.74, 6) is 0.433. The highest BCUT2D eigenvalue weighted by atomic mass is 32.1. The summed E-state index contributed by atoms with van der Waals surface area (Å²) in [5.41, 5.74) is 0.428. The molecule has 2 aliphatic heterocycles. The lowest BCUT2D eigenvalue weighted by atomic mass is 9.81. The molecule has 0 unspecified atom stereocenters. The van der Waals surface area contributed by atoms with Gasteiger partial charge in [0.25, 0.3) is 0 Å². The smallest absolute Gasteiger partial charge is 0.0910 e. The quantitative estimate of drug-likeness (QED) is 0.926. The lowest BCUT2D eigenvalue weighted by Gasteiger charge is -2.41. The third-order valence-electron chi connectivity index (χ3n) is 5.22. The summed E-state index contributed by atoms with van der Waals surface area (Å²) in [6.07, 6.45) is 4.35. The molecule has 0 aliphatic carbocycles. The predicted octanol–water partition coefficient (Wildman–Crippen LogP) is 3.31. The molecule has 3 rings (SSSR count). The second-order valence-corrected chi connectivity index (χ2v) is 7.98. The van der Waals surface area contributed by atoms with Gasteiger partial charge in [0.05, 0.1) is 6.10 Å². The number of likely N-dealkylation sites (tertiary alicyclic amines) is 1. The summed E-state index contributed by atoms with van der Waals surface area (Å²) >= 11 is 1.68. The first-order valence-corrected chi connectivity index (χ1v) is 9.06. The Morgan fingerprint density at radius 2 is 2.10 bits per heavy atom. The Hall–Kier alpha value is -0.420. The Morgan fingerprint density at radius 3 is 2.71 bits per heavy atom. The summed E-state index contributed by atoms with van der Waals surface area (Å²) < 4.78 is 5.49. The minimum atomic E-state index is -0.259. The van der Waals surface area contributed by atoms with E-state index in [1.165, 1.54) is 19.4 Å². The second kappa shape index (κ2) is 6.78. The van der Waals surface area contributed by atoms with Crippen molar-refractivity contribution in [3.05, 3.63) is 22.4 Å². The zero-order valence-electron chi connectivity index (χ0n) is 13.0. The number of aliphatic hydroxyl groups excluding tert-OH is 1. The lowest BCUT2D eigenvalue weighted by molar-refractivity contribution is -0.00768. The van der Waals surface area contributed by atoms with Crippen LogP contribution < -0.4 is 0 Å². The Morgan fingerprint density at radius 1 is 1.38 bits per heavy atom. The van der Waals surface area contributed by atoms with Crippen molar-refractivity contribution in [3.8, 4) is 0 Å². The molecule has 3 nitrogen and oxygen atoms in total. The standard InChI is InChI=1S/C17H27NO2S/c1-17(6-10-20-11-7-17)13-18-8-4-14(5-9-18)16(19)15-3-2-12-21-15/h2-3,12,14,16,19H,4-11,13H2,1H3/t16-/m1/s1. The van der Waals surface area contributed by atoms with E-state index in [1.807, 2.05) is 6.07 Å². The first-order chi connectivity index (χ1) is 10.2. The van der Waals surface area contributed by atoms with Gasteiger partial charge in [-0.25, -0.2) is 0 Å². The van der Waals surface area contributed by atoms with Crippen LogP contribution in [-0.4, -0.2) is 42.9 Å². The lowest BCUT2D eigenvalue weighted by Crippen LogP contribution is -2.43. The van der Waals surface area contributed by atoms with Crippen molar-refractivity contribution in [1.29, 1.82) is 0 Å². The first-order valence-electron chi connectivity index (χ1n) is 8.18. The molecule has 21 heavy (non-hydrogen) atoms. The number of aliphatic hydroxyl groups is 1. The van der Waals surface area contributed by atoms with Gasteiger partial charge in [-0.15, -0.1) is 11.3 Å². The minimum absolute atomic E-state index is 0.259. The normalized spacial score (nSPS) is 25.8. The number of hydrogen-bond acceptors (Lipinski definition) is 4. The number of rotatable bonds is 4. The van der Waals surface area contributed by atoms with Crippen LogP contribution >= 0.6 is 11.3 Å². The van der Waals surface area contributed by atoms with E-state index in [4.69, 9.17) is 4.74 Å². The summed E-state index contributed by atoms with van der Waals surface area (Å²) in [6, 6.07) is 4.09. The van der Waals surface area contributed by atoms with Gasteiger partial charge in [0.1, 0.15) is 0 Å². The van der Waals surface area contributed by atoms with Gasteiger partial charge >= 0.3 is 0 Å². The molecule has 0 radical (unpaired) electrons. The molecule has 4 heteroatoms. The van der Waals surface area contributed by atoms with E-state index in [9.17, 15) is 5.11 Å². The maximum atomic E-state index is 10.5. The van der Waals surface area contributed by atoms with E-state index in [0.717, 1.165) is 44.0 Å². The molecule has 2 aliphatic rings. The Kier molecular flexibility index (Phi) is 4.99. The van der Waals surface area contributed by atoms with Crippen LogP contribution in [0.25, 0.3) is 0 Å². The van der Waals surface area contributed by atoms with E-state index < -0.39 is 0 Å². The third-order valence-corrected chi connectivity index (χ3v) is 6.16. The van der Waals surface area contributed by atoms with Crippen LogP contribution in [0.4, 0.5) is 0 Å². The monoisotopic (exact) mass is 309 g/mol. The van der Waals surface area contributed by atoms with Crippen LogP contribution in [0.2, 0.25) is 0 Å². The van der Waals surface area contributed by atoms with Crippen molar-refractivity contribution >= 4 is 11.3 Å². The average Bonchev–Trinajstić information content (AvgIpc) is 3.02. The van der Waals surface area contributed by atoms with Crippen LogP contribution in [0.5, 0.6) is 0 Å². The minimum Gasteiger partial charge on any atom is -0.387 e. The van der Waals surface area contributed by atoms with Crippen LogP contribution in [0.1, 0.15) is 43.6 Å². The summed E-state index contributed by atoms with van der Waals surface area (Å²) in [7, 11) is 0. The summed E-state index contributed by atoms with van der Waals surface area (Å²) in [6.45, 7) is 7.70. The molecular formula is C17H27NO2S. The SMILES string of the molecule is CC1(CN2CCC([C@@H](O)c3cccs3)CC2)CCOCC1. The topological polar surface area (TPSA) is 32.7 Å². The van der Waals surface area contributed by atoms with Crippen molar-refractivity contribution in [3.63, 3.8) is 0 Å². The van der Waals surface area contributed by atoms with Crippen molar-refractivity contribution in [2.75, 3.05) is 32.8 Å². The molecule has 118 valence electrons. The molecule has 1 aromatic heterocycles. The summed E-state index contributed by atoms with van der Waals surface area (Å²) in [5, 5.41) is 12.5. The Balaban J connectivity index is 1.48. The highest BCUT2D eigenvalue weighted by Crippen LogP contribution is 2.35. The van der Waals surface area contributed by atoms with Gasteiger partial charge in [0, 0.05) is 24.6 Å². The number of hydrogen-bond donors (Lipinski definition) is 1. The van der Waals surface area contributed by atoms with Crippen molar-refractivity contribution in [1.82, 2.24) is 4.90 Å². The van der Waals surface area contributed by atoms with Gasteiger partial charge in [-0.2, -0.15) is 0 Å². The molecule has 1 aromatic rings. The predicted molar refractivity (Wildman–Crippen MR) is 86.6 cm³/mol. The van der Waals surface area contributed by atoms with Gasteiger partial charge in [0.2, 0.25) is 0 Å². The van der Waals surface area contributed by atoms with Crippen molar-refractivity contribution < 1.29 is 9.84 Å². The van der Waals surface area contributed by atoms with Gasteiger partial charge in [-0.05, 0) is 61.6 Å². The van der Waals surface area contributed by atoms with E-state index in [-0.39, 0.29) is 6.10 Å². The van der Waals surface area contributed by atoms with E-state index in [0.29, 0.717) is 11.3 Å². The Bertz CT molecular complexity index is 420. The number of nitrogens with zero attached hydrogens (tertiary/aromatic N) is 1. The fraction of sp³-hybridized carbons (Fsp3) is 0.765. The van der Waals surface area contributed by atoms with E-state index in [1.54, 1.807) is 11.3 Å². The molecule has 3 heterocycles. The van der Waals surface area contributed by atoms with Crippen LogP contribution in [0.3, 0.4) is 0 Å². The number of piperidine rings is 1. The number of thiophene rings is 1. The van der Waals surface area contributed by atoms with Crippen LogP contribution in [-0.2, 0) is 4.74 Å². The van der Waals surface area contributed by atoms with E-state index >= 15 is 0 Å². The fourth-order valence-corrected chi connectivity index (χ4v) is 4.48. The van der Waals surface area contributed by atoms with Crippen molar-refractivity contribution in [2.45, 2.75) is 38.7 Å². The highest BCUT2D eigenvalue weighted by Gasteiger charge is 2.32. The van der Waals surface area contributed by atoms with Gasteiger partial charge in [-0.3, -0.25) is 0 Å². The van der Waals surface area contributed by atoms with Crippen LogP contribution in [0, 0.1) is 11.3 Å². The van der Waals surface area contributed by atoms with Gasteiger partial charge in [0.15, 0.2) is 0 Å². The molecular weight excluding hydrogens is 282 g/mol. The van der Waals surface area contributed by atoms with Gasteiger partial charge in [-0.1, -0.05) is 13.0 Å². The molecule has 0 amide bonds.